The van der Waals surface area contributed by atoms with Crippen LogP contribution in [0, 0.1) is 0 Å². The van der Waals surface area contributed by atoms with Crippen LogP contribution in [0.3, 0.4) is 0 Å². The predicted octanol–water partition coefficient (Wildman–Crippen LogP) is 3.11. The van der Waals surface area contributed by atoms with Crippen molar-refractivity contribution < 1.29 is 0 Å². The summed E-state index contributed by atoms with van der Waals surface area (Å²) in [6, 6.07) is 5.63. The molecule has 0 bridgehead atoms. The molecule has 16 heavy (non-hydrogen) atoms. The van der Waals surface area contributed by atoms with Gasteiger partial charge in [-0.25, -0.2) is 5.84 Å². The number of benzene rings is 1. The molecule has 0 unspecified atom stereocenters. The summed E-state index contributed by atoms with van der Waals surface area (Å²) in [7, 11) is 0. The van der Waals surface area contributed by atoms with Gasteiger partial charge in [-0.1, -0.05) is 17.7 Å². The third-order valence-electron chi connectivity index (χ3n) is 1.79. The number of nitrogens with one attached hydrogen (secondary N) is 1. The normalized spacial score (nSPS) is 12.8. The topological polar surface area (TPSA) is 50.4 Å². The average Bonchev–Trinajstić information content (AvgIpc) is 2.18. The second kappa shape index (κ2) is 5.17. The van der Waals surface area contributed by atoms with E-state index in [0.717, 1.165) is 10.0 Å². The largest absolute Gasteiger partial charge is 0.308 e. The molecular formula is C11H15BrClN3. The van der Waals surface area contributed by atoms with Gasteiger partial charge in [0.15, 0.2) is 0 Å². The Morgan fingerprint density at radius 2 is 2.06 bits per heavy atom. The summed E-state index contributed by atoms with van der Waals surface area (Å²) >= 11 is 9.54. The van der Waals surface area contributed by atoms with Gasteiger partial charge in [0.2, 0.25) is 0 Å². The van der Waals surface area contributed by atoms with E-state index in [1.165, 1.54) is 0 Å². The van der Waals surface area contributed by atoms with Gasteiger partial charge in [-0.3, -0.25) is 4.99 Å². The van der Waals surface area contributed by atoms with Crippen molar-refractivity contribution in [3.63, 3.8) is 0 Å². The molecule has 0 radical (unpaired) electrons. The van der Waals surface area contributed by atoms with E-state index >= 15 is 0 Å². The van der Waals surface area contributed by atoms with Crippen LogP contribution in [0.1, 0.15) is 26.3 Å². The van der Waals surface area contributed by atoms with Crippen LogP contribution >= 0.6 is 27.5 Å². The SMILES string of the molecule is CC(C)(C)N=C(NN)c1cccc(Br)c1Cl. The number of amidine groups is 1. The summed E-state index contributed by atoms with van der Waals surface area (Å²) in [5.41, 5.74) is 3.16. The first-order valence-electron chi connectivity index (χ1n) is 4.86. The van der Waals surface area contributed by atoms with Crippen LogP contribution in [0.5, 0.6) is 0 Å². The Hall–Kier alpha value is -0.580. The van der Waals surface area contributed by atoms with Crippen molar-refractivity contribution >= 4 is 33.4 Å². The van der Waals surface area contributed by atoms with Crippen LogP contribution in [-0.4, -0.2) is 11.4 Å². The van der Waals surface area contributed by atoms with Crippen LogP contribution in [0.2, 0.25) is 5.02 Å². The van der Waals surface area contributed by atoms with Crippen molar-refractivity contribution in [2.24, 2.45) is 10.8 Å². The van der Waals surface area contributed by atoms with Crippen molar-refractivity contribution in [1.29, 1.82) is 0 Å². The molecule has 0 amide bonds. The maximum atomic E-state index is 6.17. The molecule has 0 fully saturated rings. The minimum absolute atomic E-state index is 0.215. The summed E-state index contributed by atoms with van der Waals surface area (Å²) in [6.07, 6.45) is 0. The van der Waals surface area contributed by atoms with E-state index in [4.69, 9.17) is 17.4 Å². The van der Waals surface area contributed by atoms with Crippen LogP contribution in [0.4, 0.5) is 0 Å². The molecule has 0 saturated heterocycles. The molecule has 1 aromatic rings. The predicted molar refractivity (Wildman–Crippen MR) is 72.8 cm³/mol. The molecule has 5 heteroatoms. The van der Waals surface area contributed by atoms with E-state index < -0.39 is 0 Å². The lowest BCUT2D eigenvalue weighted by Crippen LogP contribution is -2.33. The molecule has 1 rings (SSSR count). The van der Waals surface area contributed by atoms with Crippen LogP contribution in [0.15, 0.2) is 27.7 Å². The van der Waals surface area contributed by atoms with E-state index in [1.54, 1.807) is 0 Å². The first-order valence-corrected chi connectivity index (χ1v) is 6.03. The van der Waals surface area contributed by atoms with Crippen molar-refractivity contribution in [2.75, 3.05) is 0 Å². The number of rotatable bonds is 1. The van der Waals surface area contributed by atoms with Gasteiger partial charge < -0.3 is 5.43 Å². The van der Waals surface area contributed by atoms with Gasteiger partial charge in [-0.05, 0) is 48.8 Å². The van der Waals surface area contributed by atoms with Gasteiger partial charge in [0.05, 0.1) is 10.6 Å². The Kier molecular flexibility index (Phi) is 4.35. The molecule has 0 aromatic heterocycles. The zero-order valence-corrected chi connectivity index (χ0v) is 11.9. The fraction of sp³-hybridized carbons (Fsp3) is 0.364. The van der Waals surface area contributed by atoms with E-state index in [0.29, 0.717) is 10.9 Å². The quantitative estimate of drug-likeness (QED) is 0.362. The smallest absolute Gasteiger partial charge is 0.144 e. The highest BCUT2D eigenvalue weighted by atomic mass is 79.9. The molecule has 0 saturated carbocycles. The minimum Gasteiger partial charge on any atom is -0.308 e. The Morgan fingerprint density at radius 3 is 2.56 bits per heavy atom. The number of hydrogen-bond donors (Lipinski definition) is 2. The van der Waals surface area contributed by atoms with Gasteiger partial charge in [-0.15, -0.1) is 0 Å². The van der Waals surface area contributed by atoms with Crippen molar-refractivity contribution in [1.82, 2.24) is 5.43 Å². The third kappa shape index (κ3) is 3.47. The van der Waals surface area contributed by atoms with E-state index in [1.807, 2.05) is 39.0 Å². The zero-order chi connectivity index (χ0) is 12.3. The molecular weight excluding hydrogens is 289 g/mol. The molecule has 3 nitrogen and oxygen atoms in total. The van der Waals surface area contributed by atoms with Crippen LogP contribution < -0.4 is 11.3 Å². The fourth-order valence-corrected chi connectivity index (χ4v) is 1.77. The molecule has 0 aliphatic rings. The minimum atomic E-state index is -0.215. The van der Waals surface area contributed by atoms with Gasteiger partial charge in [0, 0.05) is 10.0 Å². The molecule has 0 atom stereocenters. The third-order valence-corrected chi connectivity index (χ3v) is 3.09. The highest BCUT2D eigenvalue weighted by Crippen LogP contribution is 2.26. The van der Waals surface area contributed by atoms with Crippen LogP contribution in [-0.2, 0) is 0 Å². The van der Waals surface area contributed by atoms with E-state index in [2.05, 4.69) is 26.3 Å². The molecule has 0 spiro atoms. The fourth-order valence-electron chi connectivity index (χ4n) is 1.19. The van der Waals surface area contributed by atoms with Crippen molar-refractivity contribution in [2.45, 2.75) is 26.3 Å². The molecule has 88 valence electrons. The summed E-state index contributed by atoms with van der Waals surface area (Å²) in [6.45, 7) is 5.99. The average molecular weight is 305 g/mol. The van der Waals surface area contributed by atoms with Crippen molar-refractivity contribution in [3.05, 3.63) is 33.3 Å². The highest BCUT2D eigenvalue weighted by molar-refractivity contribution is 9.10. The standard InChI is InChI=1S/C11H15BrClN3/c1-11(2,3)15-10(16-14)7-5-4-6-8(12)9(7)13/h4-6H,14H2,1-3H3,(H,15,16). The van der Waals surface area contributed by atoms with Gasteiger partial charge in [0.1, 0.15) is 5.84 Å². The van der Waals surface area contributed by atoms with E-state index in [9.17, 15) is 0 Å². The number of nitrogens with zero attached hydrogens (tertiary/aromatic N) is 1. The second-order valence-corrected chi connectivity index (χ2v) is 5.61. The monoisotopic (exact) mass is 303 g/mol. The highest BCUT2D eigenvalue weighted by Gasteiger charge is 2.14. The van der Waals surface area contributed by atoms with Gasteiger partial charge in [-0.2, -0.15) is 0 Å². The first kappa shape index (κ1) is 13.5. The summed E-state index contributed by atoms with van der Waals surface area (Å²) in [5, 5.41) is 0.600. The van der Waals surface area contributed by atoms with Crippen LogP contribution in [0.25, 0.3) is 0 Å². The van der Waals surface area contributed by atoms with E-state index in [-0.39, 0.29) is 5.54 Å². The Balaban J connectivity index is 3.25. The molecule has 0 heterocycles. The van der Waals surface area contributed by atoms with Crippen molar-refractivity contribution in [3.8, 4) is 0 Å². The summed E-state index contributed by atoms with van der Waals surface area (Å²) in [4.78, 5) is 4.47. The lowest BCUT2D eigenvalue weighted by molar-refractivity contribution is 0.580. The number of aliphatic imine (C=N–C) groups is 1. The van der Waals surface area contributed by atoms with Gasteiger partial charge in [0.25, 0.3) is 0 Å². The number of nitrogens with two attached hydrogens (primary N) is 1. The summed E-state index contributed by atoms with van der Waals surface area (Å²) in [5.74, 6) is 6.06. The maximum Gasteiger partial charge on any atom is 0.144 e. The molecule has 0 aliphatic heterocycles. The number of hydrazine groups is 1. The first-order chi connectivity index (χ1) is 7.35. The number of hydrogen-bond acceptors (Lipinski definition) is 2. The zero-order valence-electron chi connectivity index (χ0n) is 9.51. The second-order valence-electron chi connectivity index (χ2n) is 4.38. The molecule has 3 N–H and O–H groups in total. The summed E-state index contributed by atoms with van der Waals surface area (Å²) < 4.78 is 0.823. The lowest BCUT2D eigenvalue weighted by Gasteiger charge is -2.16. The Labute approximate surface area is 109 Å². The Morgan fingerprint density at radius 1 is 1.44 bits per heavy atom. The number of halogens is 2. The lowest BCUT2D eigenvalue weighted by atomic mass is 10.1. The Bertz CT molecular complexity index is 410. The maximum absolute atomic E-state index is 6.17. The molecule has 1 aromatic carbocycles. The molecule has 0 aliphatic carbocycles. The van der Waals surface area contributed by atoms with Gasteiger partial charge >= 0.3 is 0 Å².